The smallest absolute Gasteiger partial charge is 0.311 e. The Morgan fingerprint density at radius 2 is 2.15 bits per heavy atom. The molecule has 1 saturated heterocycles. The van der Waals surface area contributed by atoms with Crippen LogP contribution in [-0.4, -0.2) is 39.6 Å². The Balaban J connectivity index is 2.34. The monoisotopic (exact) mass is 340 g/mol. The van der Waals surface area contributed by atoms with E-state index in [4.69, 9.17) is 4.74 Å². The third kappa shape index (κ3) is 2.80. The van der Waals surface area contributed by atoms with Gasteiger partial charge in [-0.25, -0.2) is 0 Å². The number of nitrogens with zero attached hydrogens (tertiary/aromatic N) is 2. The first-order valence-electron chi connectivity index (χ1n) is 6.29. The molecule has 0 spiro atoms. The second-order valence-electron chi connectivity index (χ2n) is 4.96. The minimum absolute atomic E-state index is 0.0541. The Morgan fingerprint density at radius 3 is 2.75 bits per heavy atom. The summed E-state index contributed by atoms with van der Waals surface area (Å²) >= 11 is 3.42. The van der Waals surface area contributed by atoms with Crippen molar-refractivity contribution in [1.82, 2.24) is 0 Å². The highest BCUT2D eigenvalue weighted by Gasteiger charge is 2.36. The molecule has 1 atom stereocenters. The van der Waals surface area contributed by atoms with Gasteiger partial charge in [0.2, 0.25) is 5.91 Å². The number of benzene rings is 1. The van der Waals surface area contributed by atoms with Gasteiger partial charge >= 0.3 is 5.97 Å². The molecule has 0 bridgehead atoms. The molecule has 0 N–H and O–H groups in total. The van der Waals surface area contributed by atoms with E-state index in [1.165, 1.54) is 7.11 Å². The average Bonchev–Trinajstić information content (AvgIpc) is 2.79. The lowest BCUT2D eigenvalue weighted by molar-refractivity contribution is -0.145. The molecule has 1 aromatic rings. The Hall–Kier alpha value is -1.56. The largest absolute Gasteiger partial charge is 0.469 e. The minimum atomic E-state index is -0.388. The fourth-order valence-electron chi connectivity index (χ4n) is 2.36. The second kappa shape index (κ2) is 5.83. The maximum absolute atomic E-state index is 12.2. The third-order valence-electron chi connectivity index (χ3n) is 3.37. The lowest BCUT2D eigenvalue weighted by atomic mass is 10.1. The van der Waals surface area contributed by atoms with Gasteiger partial charge in [0, 0.05) is 31.5 Å². The summed E-state index contributed by atoms with van der Waals surface area (Å²) in [6, 6.07) is 5.77. The standard InChI is InChI=1S/C14H17BrN2O3/c1-16(2)11-5-4-10(15)7-12(11)17-8-9(6-13(17)18)14(19)20-3/h4-5,7,9H,6,8H2,1-3H3. The number of carbonyl (C=O) groups is 2. The molecule has 5 nitrogen and oxygen atoms in total. The fraction of sp³-hybridized carbons (Fsp3) is 0.429. The van der Waals surface area contributed by atoms with Gasteiger partial charge in [-0.1, -0.05) is 15.9 Å². The van der Waals surface area contributed by atoms with E-state index in [9.17, 15) is 9.59 Å². The van der Waals surface area contributed by atoms with Crippen molar-refractivity contribution in [1.29, 1.82) is 0 Å². The van der Waals surface area contributed by atoms with Gasteiger partial charge in [0.05, 0.1) is 24.4 Å². The summed E-state index contributed by atoms with van der Waals surface area (Å²) < 4.78 is 5.63. The van der Waals surface area contributed by atoms with Gasteiger partial charge in [-0.05, 0) is 18.2 Å². The highest BCUT2D eigenvalue weighted by molar-refractivity contribution is 9.10. The maximum atomic E-state index is 12.2. The number of esters is 1. The van der Waals surface area contributed by atoms with Crippen LogP contribution in [0.4, 0.5) is 11.4 Å². The lowest BCUT2D eigenvalue weighted by Crippen LogP contribution is -2.28. The first kappa shape index (κ1) is 14.8. The van der Waals surface area contributed by atoms with E-state index < -0.39 is 0 Å². The Bertz CT molecular complexity index is 545. The van der Waals surface area contributed by atoms with Gasteiger partial charge in [0.25, 0.3) is 0 Å². The van der Waals surface area contributed by atoms with Gasteiger partial charge in [0.15, 0.2) is 0 Å². The molecule has 1 fully saturated rings. The predicted molar refractivity (Wildman–Crippen MR) is 80.9 cm³/mol. The summed E-state index contributed by atoms with van der Waals surface area (Å²) in [4.78, 5) is 27.4. The Kier molecular flexibility index (Phi) is 4.32. The first-order valence-corrected chi connectivity index (χ1v) is 7.08. The number of ether oxygens (including phenoxy) is 1. The topological polar surface area (TPSA) is 49.9 Å². The summed E-state index contributed by atoms with van der Waals surface area (Å²) in [7, 11) is 5.19. The number of hydrogen-bond acceptors (Lipinski definition) is 4. The zero-order valence-electron chi connectivity index (χ0n) is 11.7. The van der Waals surface area contributed by atoms with Crippen molar-refractivity contribution >= 4 is 39.2 Å². The van der Waals surface area contributed by atoms with Gasteiger partial charge in [-0.3, -0.25) is 9.59 Å². The van der Waals surface area contributed by atoms with Crippen LogP contribution in [0.2, 0.25) is 0 Å². The van der Waals surface area contributed by atoms with Crippen LogP contribution in [0.1, 0.15) is 6.42 Å². The van der Waals surface area contributed by atoms with Crippen molar-refractivity contribution in [3.63, 3.8) is 0 Å². The lowest BCUT2D eigenvalue weighted by Gasteiger charge is -2.24. The van der Waals surface area contributed by atoms with Crippen LogP contribution in [0.5, 0.6) is 0 Å². The van der Waals surface area contributed by atoms with E-state index >= 15 is 0 Å². The van der Waals surface area contributed by atoms with Gasteiger partial charge in [0.1, 0.15) is 0 Å². The molecule has 0 radical (unpaired) electrons. The molecule has 1 unspecified atom stereocenters. The van der Waals surface area contributed by atoms with E-state index in [0.29, 0.717) is 6.54 Å². The fourth-order valence-corrected chi connectivity index (χ4v) is 2.70. The molecule has 2 rings (SSSR count). The van der Waals surface area contributed by atoms with Gasteiger partial charge in [-0.2, -0.15) is 0 Å². The number of halogens is 1. The van der Waals surface area contributed by atoms with E-state index in [0.717, 1.165) is 15.8 Å². The zero-order chi connectivity index (χ0) is 14.9. The van der Waals surface area contributed by atoms with Crippen molar-refractivity contribution < 1.29 is 14.3 Å². The highest BCUT2D eigenvalue weighted by Crippen LogP contribution is 2.35. The normalized spacial score (nSPS) is 18.3. The predicted octanol–water partition coefficient (Wildman–Crippen LogP) is 2.04. The molecule has 1 amide bonds. The van der Waals surface area contributed by atoms with Gasteiger partial charge in [-0.15, -0.1) is 0 Å². The summed E-state index contributed by atoms with van der Waals surface area (Å²) in [6.45, 7) is 0.364. The summed E-state index contributed by atoms with van der Waals surface area (Å²) in [5.41, 5.74) is 1.74. The van der Waals surface area contributed by atoms with Crippen LogP contribution in [0.3, 0.4) is 0 Å². The second-order valence-corrected chi connectivity index (χ2v) is 5.87. The molecule has 0 aromatic heterocycles. The van der Waals surface area contributed by atoms with E-state index in [-0.39, 0.29) is 24.2 Å². The van der Waals surface area contributed by atoms with E-state index in [2.05, 4.69) is 15.9 Å². The molecule has 1 aliphatic rings. The van der Waals surface area contributed by atoms with E-state index in [1.807, 2.05) is 37.2 Å². The molecule has 0 aliphatic carbocycles. The van der Waals surface area contributed by atoms with Crippen molar-refractivity contribution in [2.75, 3.05) is 37.5 Å². The van der Waals surface area contributed by atoms with Crippen LogP contribution >= 0.6 is 15.9 Å². The molecular formula is C14H17BrN2O3. The molecule has 108 valence electrons. The van der Waals surface area contributed by atoms with Crippen molar-refractivity contribution in [3.8, 4) is 0 Å². The molecule has 0 saturated carbocycles. The van der Waals surface area contributed by atoms with Crippen LogP contribution in [0.25, 0.3) is 0 Å². The number of methoxy groups -OCH3 is 1. The van der Waals surface area contributed by atoms with Crippen LogP contribution in [-0.2, 0) is 14.3 Å². The Labute approximate surface area is 126 Å². The number of rotatable bonds is 3. The molecule has 1 aromatic carbocycles. The quantitative estimate of drug-likeness (QED) is 0.790. The van der Waals surface area contributed by atoms with Crippen molar-refractivity contribution in [3.05, 3.63) is 22.7 Å². The zero-order valence-corrected chi connectivity index (χ0v) is 13.3. The van der Waals surface area contributed by atoms with Crippen LogP contribution in [0, 0.1) is 5.92 Å². The van der Waals surface area contributed by atoms with Crippen molar-refractivity contribution in [2.24, 2.45) is 5.92 Å². The summed E-state index contributed by atoms with van der Waals surface area (Å²) in [5, 5.41) is 0. The molecular weight excluding hydrogens is 324 g/mol. The first-order chi connectivity index (χ1) is 9.43. The third-order valence-corrected chi connectivity index (χ3v) is 3.86. The minimum Gasteiger partial charge on any atom is -0.469 e. The van der Waals surface area contributed by atoms with Gasteiger partial charge < -0.3 is 14.5 Å². The van der Waals surface area contributed by atoms with Crippen LogP contribution in [0.15, 0.2) is 22.7 Å². The summed E-state index contributed by atoms with van der Waals surface area (Å²) in [5.74, 6) is -0.773. The number of anilines is 2. The molecule has 1 aliphatic heterocycles. The SMILES string of the molecule is COC(=O)C1CC(=O)N(c2cc(Br)ccc2N(C)C)C1. The average molecular weight is 341 g/mol. The maximum Gasteiger partial charge on any atom is 0.311 e. The van der Waals surface area contributed by atoms with Crippen molar-refractivity contribution in [2.45, 2.75) is 6.42 Å². The molecule has 1 heterocycles. The van der Waals surface area contributed by atoms with Crippen LogP contribution < -0.4 is 9.80 Å². The Morgan fingerprint density at radius 1 is 1.45 bits per heavy atom. The number of carbonyl (C=O) groups excluding carboxylic acids is 2. The highest BCUT2D eigenvalue weighted by atomic mass is 79.9. The van der Waals surface area contributed by atoms with E-state index in [1.54, 1.807) is 4.90 Å². The number of amides is 1. The summed E-state index contributed by atoms with van der Waals surface area (Å²) in [6.07, 6.45) is 0.200. The molecule has 20 heavy (non-hydrogen) atoms. The molecule has 6 heteroatoms. The number of hydrogen-bond donors (Lipinski definition) is 0.